The van der Waals surface area contributed by atoms with Gasteiger partial charge in [-0.2, -0.15) is 4.99 Å². The number of likely N-dealkylation sites (tertiary alicyclic amines) is 1. The van der Waals surface area contributed by atoms with Gasteiger partial charge in [0.1, 0.15) is 11.6 Å². The van der Waals surface area contributed by atoms with Gasteiger partial charge >= 0.3 is 5.91 Å². The van der Waals surface area contributed by atoms with Crippen LogP contribution in [0.2, 0.25) is 0 Å². The monoisotopic (exact) mass is 615 g/mol. The zero-order valence-corrected chi connectivity index (χ0v) is 22.0. The molecule has 0 bridgehead atoms. The van der Waals surface area contributed by atoms with Gasteiger partial charge in [0.05, 0.1) is 17.7 Å². The molecule has 7 N–H and O–H groups in total. The normalized spacial score (nSPS) is 17.5. The van der Waals surface area contributed by atoms with Crippen LogP contribution in [0.25, 0.3) is 11.4 Å². The first-order valence-corrected chi connectivity index (χ1v) is 13.3. The van der Waals surface area contributed by atoms with Gasteiger partial charge in [-0.1, -0.05) is 52.9 Å². The minimum absolute atomic E-state index is 0.0101. The van der Waals surface area contributed by atoms with Gasteiger partial charge in [0.25, 0.3) is 0 Å². The van der Waals surface area contributed by atoms with Crippen LogP contribution in [0.1, 0.15) is 34.8 Å². The van der Waals surface area contributed by atoms with E-state index in [2.05, 4.69) is 63.4 Å². The Kier molecular flexibility index (Phi) is 6.90. The van der Waals surface area contributed by atoms with Crippen LogP contribution >= 0.6 is 22.6 Å². The van der Waals surface area contributed by atoms with Gasteiger partial charge in [0.2, 0.25) is 5.91 Å². The summed E-state index contributed by atoms with van der Waals surface area (Å²) in [4.78, 5) is 42.9. The predicted octanol–water partition coefficient (Wildman–Crippen LogP) is 0.654. The van der Waals surface area contributed by atoms with E-state index in [1.165, 1.54) is 0 Å². The van der Waals surface area contributed by atoms with Crippen LogP contribution in [0, 0.1) is 0 Å². The third-order valence-electron chi connectivity index (χ3n) is 6.52. The Balaban J connectivity index is 1.17. The highest BCUT2D eigenvalue weighted by molar-refractivity contribution is 14.1. The van der Waals surface area contributed by atoms with E-state index in [0.717, 1.165) is 5.56 Å². The molecule has 2 aliphatic rings. The number of carbonyl (C=O) groups is 2. The van der Waals surface area contributed by atoms with Crippen molar-refractivity contribution in [3.05, 3.63) is 47.5 Å². The molecular weight excluding hydrogens is 589 g/mol. The second kappa shape index (κ2) is 10.3. The number of anilines is 2. The summed E-state index contributed by atoms with van der Waals surface area (Å²) < 4.78 is 0.493. The van der Waals surface area contributed by atoms with E-state index in [0.29, 0.717) is 60.2 Å². The lowest BCUT2D eigenvalue weighted by atomic mass is 9.88. The van der Waals surface area contributed by atoms with E-state index < -0.39 is 5.91 Å². The van der Waals surface area contributed by atoms with Crippen molar-refractivity contribution in [3.8, 4) is 11.4 Å². The highest BCUT2D eigenvalue weighted by Crippen LogP contribution is 2.25. The Labute approximate surface area is 226 Å². The number of rotatable bonds is 5. The number of aliphatic imine (C=N–C) groups is 1. The highest BCUT2D eigenvalue weighted by atomic mass is 127. The van der Waals surface area contributed by atoms with Crippen LogP contribution in [0.15, 0.2) is 35.3 Å². The summed E-state index contributed by atoms with van der Waals surface area (Å²) in [5.74, 6) is 1.07. The molecule has 5 rings (SSSR count). The van der Waals surface area contributed by atoms with Gasteiger partial charge < -0.3 is 32.0 Å². The van der Waals surface area contributed by atoms with Crippen molar-refractivity contribution in [2.24, 2.45) is 4.99 Å². The molecule has 2 amide bonds. The first-order valence-electron chi connectivity index (χ1n) is 11.7. The maximum absolute atomic E-state index is 12.9. The lowest BCUT2D eigenvalue weighted by Crippen LogP contribution is -2.54. The summed E-state index contributed by atoms with van der Waals surface area (Å²) in [6.45, 7) is 1.74. The Hall–Kier alpha value is -3.82. The molecule has 2 aliphatic heterocycles. The van der Waals surface area contributed by atoms with E-state index in [1.807, 2.05) is 35.2 Å². The number of hydrogen-bond acceptors (Lipinski definition) is 8. The maximum Gasteiger partial charge on any atom is 0.302 e. The van der Waals surface area contributed by atoms with Crippen molar-refractivity contribution >= 4 is 52.0 Å². The number of halogens is 1. The summed E-state index contributed by atoms with van der Waals surface area (Å²) in [5, 5.41) is 14.8. The second-order valence-electron chi connectivity index (χ2n) is 8.99. The number of guanidine groups is 1. The molecule has 2 fully saturated rings. The standard InChI is InChI=1S/C23H26IN11O2/c24-11-14-18(25)30-19(26)17(28-14)21(37)31-22-27-12-23(32-22)6-8-35(9-7-23)16(36)10-15-29-20(34-33-15)13-4-2-1-3-5-13/h1-5H,6-12H2,(H4,25,26,30)(H,29,33,34)(H2,27,31,32,37). The van der Waals surface area contributed by atoms with E-state index in [9.17, 15) is 9.59 Å². The molecule has 2 aromatic heterocycles. The maximum atomic E-state index is 12.9. The molecule has 0 aliphatic carbocycles. The minimum Gasteiger partial charge on any atom is -0.382 e. The molecular formula is C23H26IN11O2. The third kappa shape index (κ3) is 5.33. The van der Waals surface area contributed by atoms with E-state index in [1.54, 1.807) is 0 Å². The molecule has 37 heavy (non-hydrogen) atoms. The first kappa shape index (κ1) is 24.9. The van der Waals surface area contributed by atoms with Gasteiger partial charge in [-0.25, -0.2) is 9.97 Å². The van der Waals surface area contributed by atoms with Crippen molar-refractivity contribution in [1.29, 1.82) is 0 Å². The molecule has 0 saturated carbocycles. The molecule has 0 unspecified atom stereocenters. The van der Waals surface area contributed by atoms with Crippen molar-refractivity contribution in [2.45, 2.75) is 29.2 Å². The van der Waals surface area contributed by atoms with Crippen LogP contribution < -0.4 is 22.1 Å². The molecule has 192 valence electrons. The minimum atomic E-state index is -0.599. The van der Waals surface area contributed by atoms with Gasteiger partial charge in [0, 0.05) is 29.6 Å². The molecule has 0 atom stereocenters. The number of hydrogen-bond donors (Lipinski definition) is 5. The average Bonchev–Trinajstić information content (AvgIpc) is 3.52. The number of alkyl halides is 1. The molecule has 3 aromatic rings. The van der Waals surface area contributed by atoms with Crippen LogP contribution in [0.5, 0.6) is 0 Å². The Bertz CT molecular complexity index is 1350. The Morgan fingerprint density at radius 1 is 1.08 bits per heavy atom. The molecule has 1 aromatic carbocycles. The molecule has 1 spiro atoms. The molecule has 2 saturated heterocycles. The number of aromatic amines is 1. The number of H-pyrrole nitrogens is 1. The SMILES string of the molecule is Nc1nc(N)c(C(=O)/N=C2\NCC3(CCN(C(=O)Cc4nnc(-c5ccccc5)[nH]4)CC3)N2)nc1CI. The number of piperidine rings is 1. The number of nitrogens with two attached hydrogens (primary N) is 2. The highest BCUT2D eigenvalue weighted by Gasteiger charge is 2.40. The van der Waals surface area contributed by atoms with Crippen molar-refractivity contribution < 1.29 is 9.59 Å². The molecule has 4 heterocycles. The fourth-order valence-electron chi connectivity index (χ4n) is 4.41. The summed E-state index contributed by atoms with van der Waals surface area (Å²) in [5.41, 5.74) is 12.7. The molecule has 0 radical (unpaired) electrons. The quantitative estimate of drug-likeness (QED) is 0.201. The number of benzene rings is 1. The summed E-state index contributed by atoms with van der Waals surface area (Å²) >= 11 is 2.09. The van der Waals surface area contributed by atoms with Gasteiger partial charge in [0.15, 0.2) is 23.3 Å². The Morgan fingerprint density at radius 2 is 1.84 bits per heavy atom. The lowest BCUT2D eigenvalue weighted by molar-refractivity contribution is -0.132. The second-order valence-corrected chi connectivity index (χ2v) is 9.75. The summed E-state index contributed by atoms with van der Waals surface area (Å²) in [6.07, 6.45) is 1.56. The van der Waals surface area contributed by atoms with Crippen LogP contribution in [0.4, 0.5) is 11.6 Å². The number of carbonyl (C=O) groups excluding carboxylic acids is 2. The van der Waals surface area contributed by atoms with Gasteiger partial charge in [-0.05, 0) is 12.8 Å². The van der Waals surface area contributed by atoms with Crippen LogP contribution in [0.3, 0.4) is 0 Å². The number of nitrogen functional groups attached to an aromatic ring is 2. The largest absolute Gasteiger partial charge is 0.382 e. The fraction of sp³-hybridized carbons (Fsp3) is 0.348. The van der Waals surface area contributed by atoms with Gasteiger partial charge in [-0.3, -0.25) is 9.59 Å². The predicted molar refractivity (Wildman–Crippen MR) is 146 cm³/mol. The topological polar surface area (TPSA) is 193 Å². The van der Waals surface area contributed by atoms with Crippen molar-refractivity contribution in [3.63, 3.8) is 0 Å². The zero-order chi connectivity index (χ0) is 26.0. The van der Waals surface area contributed by atoms with Crippen molar-refractivity contribution in [2.75, 3.05) is 31.1 Å². The van der Waals surface area contributed by atoms with Gasteiger partial charge in [-0.15, -0.1) is 10.2 Å². The Morgan fingerprint density at radius 3 is 2.57 bits per heavy atom. The summed E-state index contributed by atoms with van der Waals surface area (Å²) in [6, 6.07) is 9.65. The van der Waals surface area contributed by atoms with Crippen molar-refractivity contribution in [1.82, 2.24) is 40.7 Å². The third-order valence-corrected chi connectivity index (χ3v) is 7.24. The number of nitrogens with one attached hydrogen (secondary N) is 3. The zero-order valence-electron chi connectivity index (χ0n) is 19.9. The smallest absolute Gasteiger partial charge is 0.302 e. The first-order chi connectivity index (χ1) is 17.9. The van der Waals surface area contributed by atoms with E-state index >= 15 is 0 Å². The number of nitrogens with zero attached hydrogens (tertiary/aromatic N) is 6. The van der Waals surface area contributed by atoms with Crippen LogP contribution in [-0.2, 0) is 15.6 Å². The average molecular weight is 615 g/mol. The summed E-state index contributed by atoms with van der Waals surface area (Å²) in [7, 11) is 0. The molecule has 13 nitrogen and oxygen atoms in total. The molecule has 14 heteroatoms. The number of amides is 2. The number of aromatic nitrogens is 5. The van der Waals surface area contributed by atoms with Crippen LogP contribution in [-0.4, -0.2) is 73.0 Å². The van der Waals surface area contributed by atoms with E-state index in [4.69, 9.17) is 11.5 Å². The lowest BCUT2D eigenvalue weighted by Gasteiger charge is -2.38. The van der Waals surface area contributed by atoms with E-state index in [-0.39, 0.29) is 35.2 Å². The fourth-order valence-corrected chi connectivity index (χ4v) is 4.97.